The second-order valence-corrected chi connectivity index (χ2v) is 3.96. The lowest BCUT2D eigenvalue weighted by atomic mass is 9.93. The molecule has 0 aliphatic carbocycles. The van der Waals surface area contributed by atoms with Crippen molar-refractivity contribution in [1.82, 2.24) is 0 Å². The molecule has 0 fully saturated rings. The summed E-state index contributed by atoms with van der Waals surface area (Å²) in [6, 6.07) is 19.1. The van der Waals surface area contributed by atoms with Crippen molar-refractivity contribution in [3.63, 3.8) is 0 Å². The zero-order chi connectivity index (χ0) is 12.1. The summed E-state index contributed by atoms with van der Waals surface area (Å²) < 4.78 is 0. The predicted molar refractivity (Wildman–Crippen MR) is 66.6 cm³/mol. The molecule has 0 amide bonds. The van der Waals surface area contributed by atoms with Crippen LogP contribution in [-0.4, -0.2) is 5.11 Å². The third-order valence-electron chi connectivity index (χ3n) is 2.73. The molecule has 0 aliphatic heterocycles. The van der Waals surface area contributed by atoms with Crippen molar-refractivity contribution in [1.29, 1.82) is 5.26 Å². The van der Waals surface area contributed by atoms with Gasteiger partial charge in [-0.1, -0.05) is 42.5 Å². The van der Waals surface area contributed by atoms with Crippen molar-refractivity contribution in [2.24, 2.45) is 0 Å². The van der Waals surface area contributed by atoms with Gasteiger partial charge in [0.1, 0.15) is 5.75 Å². The van der Waals surface area contributed by atoms with Crippen LogP contribution in [0.25, 0.3) is 0 Å². The molecule has 2 heteroatoms. The van der Waals surface area contributed by atoms with Crippen LogP contribution in [0.2, 0.25) is 0 Å². The van der Waals surface area contributed by atoms with Gasteiger partial charge in [0, 0.05) is 0 Å². The maximum Gasteiger partial charge on any atom is 0.115 e. The van der Waals surface area contributed by atoms with Crippen LogP contribution in [0, 0.1) is 11.3 Å². The van der Waals surface area contributed by atoms with Gasteiger partial charge in [-0.2, -0.15) is 5.26 Å². The fourth-order valence-electron chi connectivity index (χ4n) is 1.79. The van der Waals surface area contributed by atoms with E-state index in [2.05, 4.69) is 6.07 Å². The summed E-state index contributed by atoms with van der Waals surface area (Å²) in [6.45, 7) is 0. The molecule has 0 spiro atoms. The molecular formula is C15H13NO. The van der Waals surface area contributed by atoms with Crippen LogP contribution in [0.4, 0.5) is 0 Å². The summed E-state index contributed by atoms with van der Waals surface area (Å²) in [7, 11) is 0. The molecule has 2 aromatic carbocycles. The molecule has 2 nitrogen and oxygen atoms in total. The van der Waals surface area contributed by atoms with E-state index < -0.39 is 0 Å². The lowest BCUT2D eigenvalue weighted by Crippen LogP contribution is -1.99. The van der Waals surface area contributed by atoms with Gasteiger partial charge in [0.2, 0.25) is 0 Å². The summed E-state index contributed by atoms with van der Waals surface area (Å²) in [4.78, 5) is 0. The van der Waals surface area contributed by atoms with E-state index in [1.165, 1.54) is 0 Å². The van der Waals surface area contributed by atoms with E-state index in [0.717, 1.165) is 11.1 Å². The second-order valence-electron chi connectivity index (χ2n) is 3.96. The van der Waals surface area contributed by atoms with Crippen molar-refractivity contribution in [2.45, 2.75) is 12.3 Å². The van der Waals surface area contributed by atoms with Crippen LogP contribution in [0.3, 0.4) is 0 Å². The first kappa shape index (κ1) is 11.2. The van der Waals surface area contributed by atoms with Gasteiger partial charge in [0.25, 0.3) is 0 Å². The average molecular weight is 223 g/mol. The molecule has 0 saturated carbocycles. The van der Waals surface area contributed by atoms with Gasteiger partial charge in [0.05, 0.1) is 12.0 Å². The Morgan fingerprint density at radius 2 is 1.65 bits per heavy atom. The minimum atomic E-state index is -0.169. The molecule has 1 unspecified atom stereocenters. The zero-order valence-electron chi connectivity index (χ0n) is 9.38. The fraction of sp³-hybridized carbons (Fsp3) is 0.133. The summed E-state index contributed by atoms with van der Waals surface area (Å²) in [5.41, 5.74) is 2.08. The Bertz CT molecular complexity index is 511. The van der Waals surface area contributed by atoms with E-state index in [-0.39, 0.29) is 11.7 Å². The number of phenolic OH excluding ortho intramolecular Hbond substituents is 1. The van der Waals surface area contributed by atoms with E-state index in [1.807, 2.05) is 30.3 Å². The van der Waals surface area contributed by atoms with E-state index in [4.69, 9.17) is 0 Å². The van der Waals surface area contributed by atoms with Crippen LogP contribution in [0.15, 0.2) is 54.6 Å². The Morgan fingerprint density at radius 1 is 1.00 bits per heavy atom. The first-order valence-electron chi connectivity index (χ1n) is 5.52. The molecule has 0 aliphatic rings. The number of nitriles is 1. The summed E-state index contributed by atoms with van der Waals surface area (Å²) >= 11 is 0. The molecule has 2 rings (SSSR count). The highest BCUT2D eigenvalue weighted by molar-refractivity contribution is 5.33. The quantitative estimate of drug-likeness (QED) is 0.868. The molecular weight excluding hydrogens is 210 g/mol. The average Bonchev–Trinajstić information content (AvgIpc) is 2.38. The van der Waals surface area contributed by atoms with Gasteiger partial charge >= 0.3 is 0 Å². The molecule has 0 aromatic heterocycles. The standard InChI is InChI=1S/C15H13NO/c16-11-14(10-12-4-2-1-3-5-12)13-6-8-15(17)9-7-13/h1-9,14,17H,10H2. The van der Waals surface area contributed by atoms with Gasteiger partial charge in [0.15, 0.2) is 0 Å². The summed E-state index contributed by atoms with van der Waals surface area (Å²) in [5, 5.41) is 18.4. The molecule has 0 radical (unpaired) electrons. The zero-order valence-corrected chi connectivity index (χ0v) is 9.38. The first-order chi connectivity index (χ1) is 8.29. The SMILES string of the molecule is N#CC(Cc1ccccc1)c1ccc(O)cc1. The monoisotopic (exact) mass is 223 g/mol. The lowest BCUT2D eigenvalue weighted by molar-refractivity contribution is 0.475. The smallest absolute Gasteiger partial charge is 0.115 e. The van der Waals surface area contributed by atoms with E-state index >= 15 is 0 Å². The molecule has 0 heterocycles. The Kier molecular flexibility index (Phi) is 3.42. The third-order valence-corrected chi connectivity index (χ3v) is 2.73. The molecule has 17 heavy (non-hydrogen) atoms. The van der Waals surface area contributed by atoms with Gasteiger partial charge < -0.3 is 5.11 Å². The van der Waals surface area contributed by atoms with Crippen molar-refractivity contribution in [3.8, 4) is 11.8 Å². The Hall–Kier alpha value is -2.27. The van der Waals surface area contributed by atoms with Crippen molar-refractivity contribution >= 4 is 0 Å². The molecule has 2 aromatic rings. The second kappa shape index (κ2) is 5.18. The maximum absolute atomic E-state index is 9.22. The summed E-state index contributed by atoms with van der Waals surface area (Å²) in [5.74, 6) is 0.0585. The number of hydrogen-bond donors (Lipinski definition) is 1. The van der Waals surface area contributed by atoms with Crippen LogP contribution in [-0.2, 0) is 6.42 Å². The van der Waals surface area contributed by atoms with Crippen LogP contribution < -0.4 is 0 Å². The Labute approximate surface area is 101 Å². The molecule has 0 saturated heterocycles. The van der Waals surface area contributed by atoms with E-state index in [9.17, 15) is 10.4 Å². The van der Waals surface area contributed by atoms with Gasteiger partial charge in [-0.05, 0) is 29.7 Å². The topological polar surface area (TPSA) is 44.0 Å². The first-order valence-corrected chi connectivity index (χ1v) is 5.52. The minimum Gasteiger partial charge on any atom is -0.508 e. The van der Waals surface area contributed by atoms with E-state index in [0.29, 0.717) is 6.42 Å². The van der Waals surface area contributed by atoms with Gasteiger partial charge in [-0.15, -0.1) is 0 Å². The lowest BCUT2D eigenvalue weighted by Gasteiger charge is -2.09. The summed E-state index contributed by atoms with van der Waals surface area (Å²) in [6.07, 6.45) is 0.697. The fourth-order valence-corrected chi connectivity index (χ4v) is 1.79. The number of hydrogen-bond acceptors (Lipinski definition) is 2. The predicted octanol–water partition coefficient (Wildman–Crippen LogP) is 3.24. The van der Waals surface area contributed by atoms with Crippen LogP contribution >= 0.6 is 0 Å². The van der Waals surface area contributed by atoms with Crippen molar-refractivity contribution in [3.05, 3.63) is 65.7 Å². The van der Waals surface area contributed by atoms with Crippen LogP contribution in [0.1, 0.15) is 17.0 Å². The third kappa shape index (κ3) is 2.85. The maximum atomic E-state index is 9.22. The highest BCUT2D eigenvalue weighted by Gasteiger charge is 2.11. The largest absolute Gasteiger partial charge is 0.508 e. The highest BCUT2D eigenvalue weighted by atomic mass is 16.3. The number of aromatic hydroxyl groups is 1. The van der Waals surface area contributed by atoms with Crippen molar-refractivity contribution in [2.75, 3.05) is 0 Å². The normalized spacial score (nSPS) is 11.7. The number of benzene rings is 2. The molecule has 1 atom stereocenters. The number of nitrogens with zero attached hydrogens (tertiary/aromatic N) is 1. The van der Waals surface area contributed by atoms with Gasteiger partial charge in [-0.3, -0.25) is 0 Å². The van der Waals surface area contributed by atoms with Crippen LogP contribution in [0.5, 0.6) is 5.75 Å². The number of phenols is 1. The van der Waals surface area contributed by atoms with E-state index in [1.54, 1.807) is 24.3 Å². The Morgan fingerprint density at radius 3 is 2.24 bits per heavy atom. The minimum absolute atomic E-state index is 0.169. The highest BCUT2D eigenvalue weighted by Crippen LogP contribution is 2.22. The number of rotatable bonds is 3. The molecule has 1 N–H and O–H groups in total. The van der Waals surface area contributed by atoms with Crippen molar-refractivity contribution < 1.29 is 5.11 Å². The van der Waals surface area contributed by atoms with Gasteiger partial charge in [-0.25, -0.2) is 0 Å². The molecule has 84 valence electrons. The molecule has 0 bridgehead atoms. The Balaban J connectivity index is 2.18.